The van der Waals surface area contributed by atoms with E-state index in [1.54, 1.807) is 0 Å². The lowest BCUT2D eigenvalue weighted by Crippen LogP contribution is -2.49. The zero-order chi connectivity index (χ0) is 27.8. The summed E-state index contributed by atoms with van der Waals surface area (Å²) in [5, 5.41) is 12.9. The third-order valence-corrected chi connectivity index (χ3v) is 9.02. The molecule has 0 radical (unpaired) electrons. The van der Waals surface area contributed by atoms with E-state index < -0.39 is 0 Å². The molecule has 0 aliphatic carbocycles. The molecule has 41 heavy (non-hydrogen) atoms. The highest BCUT2D eigenvalue weighted by Crippen LogP contribution is 2.45. The maximum Gasteiger partial charge on any atom is 0.346 e. The van der Waals surface area contributed by atoms with Gasteiger partial charge in [-0.3, -0.25) is 4.90 Å². The molecule has 1 spiro atoms. The van der Waals surface area contributed by atoms with Gasteiger partial charge in [0.2, 0.25) is 0 Å². The van der Waals surface area contributed by atoms with E-state index in [1.807, 2.05) is 11.0 Å². The van der Waals surface area contributed by atoms with Crippen LogP contribution in [-0.2, 0) is 22.7 Å². The average Bonchev–Trinajstić information content (AvgIpc) is 3.52. The number of hydrogen-bond acceptors (Lipinski definition) is 9. The molecular weight excluding hydrogens is 524 g/mol. The van der Waals surface area contributed by atoms with Crippen LogP contribution in [0, 0.1) is 16.7 Å². The first-order valence-corrected chi connectivity index (χ1v) is 14.1. The number of aromatic nitrogens is 3. The number of amides is 1. The quantitative estimate of drug-likeness (QED) is 0.475. The Balaban J connectivity index is 1.09. The molecule has 1 aromatic heterocycles. The molecule has 0 unspecified atom stereocenters. The van der Waals surface area contributed by atoms with Crippen molar-refractivity contribution in [2.75, 3.05) is 39.8 Å². The van der Waals surface area contributed by atoms with Crippen molar-refractivity contribution < 1.29 is 23.7 Å². The fourth-order valence-electron chi connectivity index (χ4n) is 6.65. The van der Waals surface area contributed by atoms with Crippen molar-refractivity contribution in [2.45, 2.75) is 44.9 Å². The van der Waals surface area contributed by atoms with Crippen molar-refractivity contribution in [3.8, 4) is 17.6 Å². The first-order chi connectivity index (χ1) is 20.1. The van der Waals surface area contributed by atoms with Crippen LogP contribution in [0.4, 0.5) is 4.79 Å². The van der Waals surface area contributed by atoms with Crippen molar-refractivity contribution >= 4 is 6.03 Å². The van der Waals surface area contributed by atoms with Gasteiger partial charge in [-0.25, -0.2) is 9.78 Å². The van der Waals surface area contributed by atoms with Gasteiger partial charge >= 0.3 is 6.03 Å². The van der Waals surface area contributed by atoms with E-state index in [2.05, 4.69) is 51.4 Å². The summed E-state index contributed by atoms with van der Waals surface area (Å²) in [5.41, 5.74) is 4.80. The molecule has 4 aliphatic heterocycles. The molecule has 1 amide bonds. The topological polar surface area (TPSA) is 115 Å². The fraction of sp³-hybridized carbons (Fsp3) is 0.467. The summed E-state index contributed by atoms with van der Waals surface area (Å²) in [5.74, 6) is 1.78. The molecule has 7 rings (SSSR count). The molecule has 4 aliphatic rings. The average molecular weight is 557 g/mol. The smallest absolute Gasteiger partial charge is 0.346 e. The Hall–Kier alpha value is -3.98. The van der Waals surface area contributed by atoms with Crippen molar-refractivity contribution in [1.82, 2.24) is 24.6 Å². The summed E-state index contributed by atoms with van der Waals surface area (Å²) in [6.45, 7) is 4.95. The third kappa shape index (κ3) is 5.03. The number of ether oxygens (including phenoxy) is 4. The predicted octanol–water partition coefficient (Wildman–Crippen LogP) is 3.82. The van der Waals surface area contributed by atoms with Gasteiger partial charge in [0.05, 0.1) is 19.3 Å². The summed E-state index contributed by atoms with van der Waals surface area (Å²) in [6.07, 6.45) is 5.38. The predicted molar refractivity (Wildman–Crippen MR) is 145 cm³/mol. The zero-order valence-electron chi connectivity index (χ0n) is 22.8. The number of carbonyl (C=O) groups excluding carboxylic acids is 1. The third-order valence-electron chi connectivity index (χ3n) is 9.02. The lowest BCUT2D eigenvalue weighted by Gasteiger charge is -2.48. The van der Waals surface area contributed by atoms with Crippen LogP contribution >= 0.6 is 0 Å². The molecule has 0 atom stereocenters. The molecule has 2 fully saturated rings. The number of fused-ring (bicyclic) bond motifs is 2. The lowest BCUT2D eigenvalue weighted by atomic mass is 9.71. The van der Waals surface area contributed by atoms with Gasteiger partial charge in [-0.1, -0.05) is 12.1 Å². The van der Waals surface area contributed by atoms with Crippen LogP contribution in [0.15, 0.2) is 42.7 Å². The number of nitriles is 1. The minimum Gasteiger partial charge on any atom is -0.467 e. The largest absolute Gasteiger partial charge is 0.467 e. The normalized spacial score (nSPS) is 20.0. The van der Waals surface area contributed by atoms with E-state index in [9.17, 15) is 4.79 Å². The Kier molecular flexibility index (Phi) is 6.82. The molecule has 11 nitrogen and oxygen atoms in total. The molecule has 2 saturated heterocycles. The Morgan fingerprint density at radius 2 is 1.46 bits per heavy atom. The summed E-state index contributed by atoms with van der Waals surface area (Å²) in [7, 11) is 0. The molecule has 0 N–H and O–H groups in total. The molecule has 3 aromatic rings. The number of hydrogen-bond donors (Lipinski definition) is 0. The Bertz CT molecular complexity index is 1420. The Morgan fingerprint density at radius 1 is 0.878 bits per heavy atom. The summed E-state index contributed by atoms with van der Waals surface area (Å²) >= 11 is 0. The van der Waals surface area contributed by atoms with E-state index in [-0.39, 0.29) is 36.9 Å². The lowest BCUT2D eigenvalue weighted by molar-refractivity contribution is -0.0165. The standard InChI is InChI=1S/C30H32N6O5/c31-15-27-32-18-36(33-27)29(37)35-11-7-30(8-12-35)5-9-34(10-6-30)28(21-1-3-25-23(13-21)16-38-19-40-25)22-2-4-26-24(14-22)17-39-20-41-26/h1-4,13-14,18,28H,5-12,16-17,19-20H2. The second-order valence-corrected chi connectivity index (χ2v) is 11.3. The molecular formula is C30H32N6O5. The van der Waals surface area contributed by atoms with Crippen molar-refractivity contribution in [2.24, 2.45) is 5.41 Å². The van der Waals surface area contributed by atoms with E-state index in [0.29, 0.717) is 26.3 Å². The van der Waals surface area contributed by atoms with Crippen molar-refractivity contribution in [3.63, 3.8) is 0 Å². The zero-order valence-corrected chi connectivity index (χ0v) is 22.8. The number of benzene rings is 2. The summed E-state index contributed by atoms with van der Waals surface area (Å²) in [6, 6.07) is 14.7. The van der Waals surface area contributed by atoms with E-state index in [4.69, 9.17) is 24.2 Å². The maximum atomic E-state index is 12.9. The monoisotopic (exact) mass is 556 g/mol. The molecule has 212 valence electrons. The van der Waals surface area contributed by atoms with Gasteiger partial charge in [0, 0.05) is 24.2 Å². The number of carbonyl (C=O) groups is 1. The highest BCUT2D eigenvalue weighted by molar-refractivity contribution is 5.75. The van der Waals surface area contributed by atoms with Crippen LogP contribution in [0.3, 0.4) is 0 Å². The molecule has 0 saturated carbocycles. The van der Waals surface area contributed by atoms with Crippen molar-refractivity contribution in [3.05, 3.63) is 70.8 Å². The molecule has 11 heteroatoms. The van der Waals surface area contributed by atoms with Gasteiger partial charge in [0.1, 0.15) is 23.9 Å². The van der Waals surface area contributed by atoms with Crippen LogP contribution in [0.2, 0.25) is 0 Å². The fourth-order valence-corrected chi connectivity index (χ4v) is 6.65. The van der Waals surface area contributed by atoms with Gasteiger partial charge in [-0.05, 0) is 79.6 Å². The Morgan fingerprint density at radius 3 is 2.02 bits per heavy atom. The van der Waals surface area contributed by atoms with Gasteiger partial charge in [-0.15, -0.1) is 5.10 Å². The molecule has 0 bridgehead atoms. The minimum absolute atomic E-state index is 0.00622. The summed E-state index contributed by atoms with van der Waals surface area (Å²) < 4.78 is 23.7. The first-order valence-electron chi connectivity index (χ1n) is 14.1. The highest BCUT2D eigenvalue weighted by Gasteiger charge is 2.41. The van der Waals surface area contributed by atoms with Crippen molar-refractivity contribution in [1.29, 1.82) is 5.26 Å². The van der Waals surface area contributed by atoms with E-state index in [0.717, 1.165) is 61.4 Å². The second-order valence-electron chi connectivity index (χ2n) is 11.3. The van der Waals surface area contributed by atoms with Crippen LogP contribution in [-0.4, -0.2) is 70.4 Å². The number of nitrogens with zero attached hydrogens (tertiary/aromatic N) is 6. The van der Waals surface area contributed by atoms with E-state index >= 15 is 0 Å². The Labute approximate surface area is 238 Å². The molecule has 5 heterocycles. The number of rotatable bonds is 3. The van der Waals surface area contributed by atoms with E-state index in [1.165, 1.54) is 22.1 Å². The van der Waals surface area contributed by atoms with Gasteiger partial charge in [0.25, 0.3) is 5.82 Å². The SMILES string of the molecule is N#Cc1ncn(C(=O)N2CCC3(CC2)CCN(C(c2ccc4c(c2)COCO4)c2ccc4c(c2)COCO4)CC3)n1. The second kappa shape index (κ2) is 10.8. The van der Waals surface area contributed by atoms with Gasteiger partial charge < -0.3 is 23.8 Å². The van der Waals surface area contributed by atoms with Crippen LogP contribution < -0.4 is 9.47 Å². The van der Waals surface area contributed by atoms with Gasteiger partial charge in [0.15, 0.2) is 13.6 Å². The van der Waals surface area contributed by atoms with Crippen LogP contribution in [0.25, 0.3) is 0 Å². The highest BCUT2D eigenvalue weighted by atomic mass is 16.7. The minimum atomic E-state index is -0.216. The van der Waals surface area contributed by atoms with Crippen LogP contribution in [0.1, 0.15) is 59.8 Å². The number of piperidine rings is 2. The maximum absolute atomic E-state index is 12.9. The first kappa shape index (κ1) is 26.0. The van der Waals surface area contributed by atoms with Crippen LogP contribution in [0.5, 0.6) is 11.5 Å². The summed E-state index contributed by atoms with van der Waals surface area (Å²) in [4.78, 5) is 21.2. The van der Waals surface area contributed by atoms with Gasteiger partial charge in [-0.2, -0.15) is 9.94 Å². The number of likely N-dealkylation sites (tertiary alicyclic amines) is 2. The molecule has 2 aromatic carbocycles.